The summed E-state index contributed by atoms with van der Waals surface area (Å²) in [5.41, 5.74) is 5.28. The smallest absolute Gasteiger partial charge is 0.411 e. The topological polar surface area (TPSA) is 85.2 Å². The molecular weight excluding hydrogens is 368 g/mol. The first kappa shape index (κ1) is 20.1. The normalized spacial score (nSPS) is 10.4. The summed E-state index contributed by atoms with van der Waals surface area (Å²) in [6.45, 7) is 4.30. The molecule has 1 aromatic heterocycles. The van der Waals surface area contributed by atoms with Crippen LogP contribution in [0.25, 0.3) is 5.69 Å². The summed E-state index contributed by atoms with van der Waals surface area (Å²) in [6.07, 6.45) is -0.250. The van der Waals surface area contributed by atoms with E-state index < -0.39 is 6.09 Å². The number of aromatic nitrogens is 2. The fourth-order valence-corrected chi connectivity index (χ4v) is 3.05. The Morgan fingerprint density at radius 3 is 2.38 bits per heavy atom. The van der Waals surface area contributed by atoms with Crippen LogP contribution in [0, 0.1) is 13.8 Å². The van der Waals surface area contributed by atoms with Crippen molar-refractivity contribution in [3.63, 3.8) is 0 Å². The molecule has 0 aliphatic carbocycles. The van der Waals surface area contributed by atoms with Gasteiger partial charge in [-0.3, -0.25) is 10.1 Å². The monoisotopic (exact) mass is 392 g/mol. The van der Waals surface area contributed by atoms with Crippen molar-refractivity contribution in [2.75, 3.05) is 12.4 Å². The first-order chi connectivity index (χ1) is 14.0. The quantitative estimate of drug-likeness (QED) is 0.672. The van der Waals surface area contributed by atoms with Gasteiger partial charge in [0, 0.05) is 23.5 Å². The second kappa shape index (κ2) is 9.05. The Morgan fingerprint density at radius 2 is 1.72 bits per heavy atom. The van der Waals surface area contributed by atoms with Gasteiger partial charge in [0.2, 0.25) is 5.91 Å². The van der Waals surface area contributed by atoms with E-state index in [4.69, 9.17) is 0 Å². The van der Waals surface area contributed by atoms with Gasteiger partial charge in [-0.05, 0) is 43.7 Å². The molecule has 0 bridgehead atoms. The maximum atomic E-state index is 12.5. The summed E-state index contributed by atoms with van der Waals surface area (Å²) in [4.78, 5) is 23.7. The van der Waals surface area contributed by atoms with Crippen molar-refractivity contribution in [2.45, 2.75) is 26.8 Å². The lowest BCUT2D eigenvalue weighted by atomic mass is 10.1. The number of nitrogens with zero attached hydrogens (tertiary/aromatic N) is 2. The predicted octanol–water partition coefficient (Wildman–Crippen LogP) is 3.53. The Balaban J connectivity index is 1.60. The minimum Gasteiger partial charge on any atom is -0.453 e. The second-order valence-electron chi connectivity index (χ2n) is 6.66. The number of nitrogens with one attached hydrogen (secondary N) is 2. The van der Waals surface area contributed by atoms with Crippen LogP contribution in [0.3, 0.4) is 0 Å². The number of rotatable bonds is 6. The lowest BCUT2D eigenvalue weighted by molar-refractivity contribution is -0.120. The van der Waals surface area contributed by atoms with E-state index >= 15 is 0 Å². The molecule has 0 spiro atoms. The van der Waals surface area contributed by atoms with E-state index in [0.717, 1.165) is 28.2 Å². The molecule has 2 N–H and O–H groups in total. The summed E-state index contributed by atoms with van der Waals surface area (Å²) in [6, 6.07) is 17.1. The first-order valence-corrected chi connectivity index (χ1v) is 9.29. The SMILES string of the molecule is COC(=O)Nc1ccc(CNC(=O)Cc2c(C)nn(-c3ccccc3)c2C)cc1. The van der Waals surface area contributed by atoms with Crippen molar-refractivity contribution in [1.82, 2.24) is 15.1 Å². The number of benzene rings is 2. The summed E-state index contributed by atoms with van der Waals surface area (Å²) < 4.78 is 6.42. The first-order valence-electron chi connectivity index (χ1n) is 9.29. The molecule has 2 amide bonds. The predicted molar refractivity (Wildman–Crippen MR) is 111 cm³/mol. The summed E-state index contributed by atoms with van der Waals surface area (Å²) >= 11 is 0. The maximum absolute atomic E-state index is 12.5. The molecule has 0 aliphatic rings. The third-order valence-electron chi connectivity index (χ3n) is 4.65. The van der Waals surface area contributed by atoms with E-state index in [-0.39, 0.29) is 12.3 Å². The molecule has 0 fully saturated rings. The van der Waals surface area contributed by atoms with Crippen LogP contribution < -0.4 is 10.6 Å². The molecular formula is C22H24N4O3. The fourth-order valence-electron chi connectivity index (χ4n) is 3.05. The van der Waals surface area contributed by atoms with Crippen LogP contribution >= 0.6 is 0 Å². The zero-order valence-corrected chi connectivity index (χ0v) is 16.7. The van der Waals surface area contributed by atoms with Gasteiger partial charge in [0.15, 0.2) is 0 Å². The van der Waals surface area contributed by atoms with E-state index in [2.05, 4.69) is 20.5 Å². The van der Waals surface area contributed by atoms with Crippen molar-refractivity contribution in [3.05, 3.63) is 77.1 Å². The number of carbonyl (C=O) groups excluding carboxylic acids is 2. The highest BCUT2D eigenvalue weighted by molar-refractivity contribution is 5.84. The van der Waals surface area contributed by atoms with Gasteiger partial charge in [-0.1, -0.05) is 30.3 Å². The Bertz CT molecular complexity index is 995. The highest BCUT2D eigenvalue weighted by Gasteiger charge is 2.15. The third kappa shape index (κ3) is 5.01. The third-order valence-corrected chi connectivity index (χ3v) is 4.65. The molecule has 7 heteroatoms. The van der Waals surface area contributed by atoms with Gasteiger partial charge in [0.05, 0.1) is 24.9 Å². The van der Waals surface area contributed by atoms with Crippen molar-refractivity contribution >= 4 is 17.7 Å². The lowest BCUT2D eigenvalue weighted by Gasteiger charge is -2.08. The zero-order chi connectivity index (χ0) is 20.8. The van der Waals surface area contributed by atoms with E-state index in [9.17, 15) is 9.59 Å². The summed E-state index contributed by atoms with van der Waals surface area (Å²) in [5, 5.41) is 10.1. The number of carbonyl (C=O) groups is 2. The Hall–Kier alpha value is -3.61. The van der Waals surface area contributed by atoms with E-state index in [1.54, 1.807) is 12.1 Å². The molecule has 0 unspecified atom stereocenters. The number of para-hydroxylation sites is 1. The van der Waals surface area contributed by atoms with Crippen molar-refractivity contribution in [2.24, 2.45) is 0 Å². The van der Waals surface area contributed by atoms with Crippen LogP contribution in [0.2, 0.25) is 0 Å². The van der Waals surface area contributed by atoms with E-state index in [0.29, 0.717) is 12.2 Å². The lowest BCUT2D eigenvalue weighted by Crippen LogP contribution is -2.25. The number of aryl methyl sites for hydroxylation is 1. The van der Waals surface area contributed by atoms with Crippen LogP contribution in [0.4, 0.5) is 10.5 Å². The molecule has 0 radical (unpaired) electrons. The van der Waals surface area contributed by atoms with Crippen molar-refractivity contribution < 1.29 is 14.3 Å². The zero-order valence-electron chi connectivity index (χ0n) is 16.7. The van der Waals surface area contributed by atoms with Crippen LogP contribution in [0.1, 0.15) is 22.5 Å². The standard InChI is InChI=1S/C22H24N4O3/c1-15-20(16(2)26(25-15)19-7-5-4-6-8-19)13-21(27)23-14-17-9-11-18(12-10-17)24-22(28)29-3/h4-12H,13-14H2,1-3H3,(H,23,27)(H,24,28). The van der Waals surface area contributed by atoms with Gasteiger partial charge in [0.1, 0.15) is 0 Å². The highest BCUT2D eigenvalue weighted by Crippen LogP contribution is 2.18. The van der Waals surface area contributed by atoms with E-state index in [1.807, 2.05) is 61.0 Å². The molecule has 29 heavy (non-hydrogen) atoms. The summed E-state index contributed by atoms with van der Waals surface area (Å²) in [5.74, 6) is -0.0689. The molecule has 0 aliphatic heterocycles. The molecule has 1 heterocycles. The number of anilines is 1. The minimum absolute atomic E-state index is 0.0689. The molecule has 0 saturated heterocycles. The fraction of sp³-hybridized carbons (Fsp3) is 0.227. The van der Waals surface area contributed by atoms with Crippen molar-refractivity contribution in [1.29, 1.82) is 0 Å². The number of ether oxygens (including phenoxy) is 1. The number of amides is 2. The summed E-state index contributed by atoms with van der Waals surface area (Å²) in [7, 11) is 1.31. The van der Waals surface area contributed by atoms with Gasteiger partial charge in [-0.2, -0.15) is 5.10 Å². The van der Waals surface area contributed by atoms with Crippen LogP contribution in [0.5, 0.6) is 0 Å². The Morgan fingerprint density at radius 1 is 1.03 bits per heavy atom. The van der Waals surface area contributed by atoms with Crippen LogP contribution in [-0.4, -0.2) is 28.9 Å². The van der Waals surface area contributed by atoms with Crippen LogP contribution in [0.15, 0.2) is 54.6 Å². The minimum atomic E-state index is -0.521. The molecule has 2 aromatic carbocycles. The maximum Gasteiger partial charge on any atom is 0.411 e. The molecule has 3 aromatic rings. The Kier molecular flexibility index (Phi) is 6.29. The van der Waals surface area contributed by atoms with Crippen molar-refractivity contribution in [3.8, 4) is 5.69 Å². The molecule has 7 nitrogen and oxygen atoms in total. The largest absolute Gasteiger partial charge is 0.453 e. The average Bonchev–Trinajstić information content (AvgIpc) is 3.02. The van der Waals surface area contributed by atoms with E-state index in [1.165, 1.54) is 7.11 Å². The van der Waals surface area contributed by atoms with Gasteiger partial charge in [-0.15, -0.1) is 0 Å². The van der Waals surface area contributed by atoms with Gasteiger partial charge in [0.25, 0.3) is 0 Å². The Labute approximate surface area is 169 Å². The molecule has 0 saturated carbocycles. The molecule has 150 valence electrons. The number of hydrogen-bond donors (Lipinski definition) is 2. The second-order valence-corrected chi connectivity index (χ2v) is 6.66. The number of methoxy groups -OCH3 is 1. The van der Waals surface area contributed by atoms with Gasteiger partial charge < -0.3 is 10.1 Å². The number of hydrogen-bond acceptors (Lipinski definition) is 4. The molecule has 3 rings (SSSR count). The van der Waals surface area contributed by atoms with Gasteiger partial charge >= 0.3 is 6.09 Å². The highest BCUT2D eigenvalue weighted by atomic mass is 16.5. The van der Waals surface area contributed by atoms with Gasteiger partial charge in [-0.25, -0.2) is 9.48 Å². The van der Waals surface area contributed by atoms with Crippen LogP contribution in [-0.2, 0) is 22.5 Å². The average molecular weight is 392 g/mol. The molecule has 0 atom stereocenters.